The summed E-state index contributed by atoms with van der Waals surface area (Å²) in [4.78, 5) is 4.41. The SMILES string of the molecule is CC(O)c1nc2cc(N)ccc2n1-c1cc(F)ccc1Br. The Morgan fingerprint density at radius 2 is 2.05 bits per heavy atom. The first-order valence-electron chi connectivity index (χ1n) is 6.38. The van der Waals surface area contributed by atoms with Crippen LogP contribution in [0.25, 0.3) is 16.7 Å². The smallest absolute Gasteiger partial charge is 0.143 e. The Bertz CT molecular complexity index is 829. The summed E-state index contributed by atoms with van der Waals surface area (Å²) in [5.41, 5.74) is 8.35. The number of hydrogen-bond acceptors (Lipinski definition) is 3. The third-order valence-electron chi connectivity index (χ3n) is 3.23. The van der Waals surface area contributed by atoms with Crippen LogP contribution in [-0.2, 0) is 0 Å². The summed E-state index contributed by atoms with van der Waals surface area (Å²) in [7, 11) is 0. The van der Waals surface area contributed by atoms with Crippen molar-refractivity contribution in [2.24, 2.45) is 0 Å². The van der Waals surface area contributed by atoms with E-state index in [1.54, 1.807) is 35.8 Å². The van der Waals surface area contributed by atoms with Crippen molar-refractivity contribution in [2.75, 3.05) is 5.73 Å². The largest absolute Gasteiger partial charge is 0.399 e. The monoisotopic (exact) mass is 349 g/mol. The Morgan fingerprint density at radius 3 is 2.76 bits per heavy atom. The zero-order valence-electron chi connectivity index (χ0n) is 11.2. The first kappa shape index (κ1) is 14.0. The standard InChI is InChI=1S/C15H13BrFN3O/c1-8(21)15-19-12-7-10(18)3-5-13(12)20(15)14-6-9(17)2-4-11(14)16/h2-8,21H,18H2,1H3. The number of nitrogens with two attached hydrogens (primary N) is 1. The third kappa shape index (κ3) is 2.41. The molecule has 0 aliphatic heterocycles. The van der Waals surface area contributed by atoms with Crippen LogP contribution in [-0.4, -0.2) is 14.7 Å². The number of aromatic nitrogens is 2. The number of nitrogen functional groups attached to an aromatic ring is 1. The molecule has 3 aromatic rings. The van der Waals surface area contributed by atoms with Crippen LogP contribution in [0.1, 0.15) is 18.9 Å². The normalized spacial score (nSPS) is 12.8. The molecule has 1 unspecified atom stereocenters. The van der Waals surface area contributed by atoms with Gasteiger partial charge in [-0.15, -0.1) is 0 Å². The van der Waals surface area contributed by atoms with E-state index in [-0.39, 0.29) is 5.82 Å². The highest BCUT2D eigenvalue weighted by Gasteiger charge is 2.18. The van der Waals surface area contributed by atoms with E-state index in [4.69, 9.17) is 5.73 Å². The number of aliphatic hydroxyl groups is 1. The van der Waals surface area contributed by atoms with Gasteiger partial charge in [0.2, 0.25) is 0 Å². The van der Waals surface area contributed by atoms with E-state index in [0.717, 1.165) is 5.52 Å². The van der Waals surface area contributed by atoms with Crippen molar-refractivity contribution >= 4 is 32.7 Å². The molecule has 3 rings (SSSR count). The quantitative estimate of drug-likeness (QED) is 0.695. The maximum absolute atomic E-state index is 13.6. The minimum Gasteiger partial charge on any atom is -0.399 e. The number of hydrogen-bond donors (Lipinski definition) is 2. The predicted molar refractivity (Wildman–Crippen MR) is 83.8 cm³/mol. The molecular weight excluding hydrogens is 337 g/mol. The fraction of sp³-hybridized carbons (Fsp3) is 0.133. The first-order valence-corrected chi connectivity index (χ1v) is 7.18. The van der Waals surface area contributed by atoms with Gasteiger partial charge >= 0.3 is 0 Å². The number of imidazole rings is 1. The van der Waals surface area contributed by atoms with Crippen molar-refractivity contribution in [1.29, 1.82) is 0 Å². The molecule has 0 radical (unpaired) electrons. The van der Waals surface area contributed by atoms with Crippen molar-refractivity contribution in [3.63, 3.8) is 0 Å². The van der Waals surface area contributed by atoms with Gasteiger partial charge in [0.15, 0.2) is 0 Å². The lowest BCUT2D eigenvalue weighted by atomic mass is 10.2. The number of rotatable bonds is 2. The molecule has 2 aromatic carbocycles. The Labute approximate surface area is 129 Å². The summed E-state index contributed by atoms with van der Waals surface area (Å²) in [5.74, 6) is 0.0731. The maximum atomic E-state index is 13.6. The molecule has 1 atom stereocenters. The number of halogens is 2. The zero-order chi connectivity index (χ0) is 15.1. The van der Waals surface area contributed by atoms with Gasteiger partial charge in [-0.05, 0) is 59.3 Å². The van der Waals surface area contributed by atoms with Crippen LogP contribution in [0.4, 0.5) is 10.1 Å². The van der Waals surface area contributed by atoms with Crippen LogP contribution < -0.4 is 5.73 Å². The predicted octanol–water partition coefficient (Wildman–Crippen LogP) is 3.56. The van der Waals surface area contributed by atoms with E-state index >= 15 is 0 Å². The molecule has 0 fully saturated rings. The molecule has 0 saturated carbocycles. The highest BCUT2D eigenvalue weighted by Crippen LogP contribution is 2.30. The number of nitrogens with zero attached hydrogens (tertiary/aromatic N) is 2. The molecule has 0 saturated heterocycles. The first-order chi connectivity index (χ1) is 9.97. The molecule has 1 aromatic heterocycles. The highest BCUT2D eigenvalue weighted by atomic mass is 79.9. The van der Waals surface area contributed by atoms with E-state index < -0.39 is 6.10 Å². The topological polar surface area (TPSA) is 64.1 Å². The number of benzene rings is 2. The zero-order valence-corrected chi connectivity index (χ0v) is 12.8. The van der Waals surface area contributed by atoms with Gasteiger partial charge in [0, 0.05) is 10.2 Å². The van der Waals surface area contributed by atoms with Gasteiger partial charge in [0.25, 0.3) is 0 Å². The average molecular weight is 350 g/mol. The molecule has 0 aliphatic rings. The highest BCUT2D eigenvalue weighted by molar-refractivity contribution is 9.10. The number of fused-ring (bicyclic) bond motifs is 1. The molecule has 21 heavy (non-hydrogen) atoms. The van der Waals surface area contributed by atoms with E-state index in [2.05, 4.69) is 20.9 Å². The maximum Gasteiger partial charge on any atom is 0.143 e. The number of anilines is 1. The lowest BCUT2D eigenvalue weighted by Crippen LogP contribution is -2.05. The van der Waals surface area contributed by atoms with Crippen molar-refractivity contribution in [2.45, 2.75) is 13.0 Å². The lowest BCUT2D eigenvalue weighted by Gasteiger charge is -2.13. The van der Waals surface area contributed by atoms with Crippen molar-refractivity contribution in [3.8, 4) is 5.69 Å². The van der Waals surface area contributed by atoms with E-state index in [0.29, 0.717) is 27.2 Å². The fourth-order valence-corrected chi connectivity index (χ4v) is 2.73. The summed E-state index contributed by atoms with van der Waals surface area (Å²) >= 11 is 3.41. The molecule has 1 heterocycles. The molecule has 4 nitrogen and oxygen atoms in total. The van der Waals surface area contributed by atoms with E-state index in [9.17, 15) is 9.50 Å². The Balaban J connectivity index is 2.39. The van der Waals surface area contributed by atoms with Gasteiger partial charge in [0.1, 0.15) is 17.7 Å². The molecular formula is C15H13BrFN3O. The van der Waals surface area contributed by atoms with E-state index in [1.807, 2.05) is 0 Å². The van der Waals surface area contributed by atoms with Crippen molar-refractivity contribution < 1.29 is 9.50 Å². The van der Waals surface area contributed by atoms with Crippen LogP contribution in [0.2, 0.25) is 0 Å². The molecule has 3 N–H and O–H groups in total. The Hall–Kier alpha value is -1.92. The third-order valence-corrected chi connectivity index (χ3v) is 3.90. The van der Waals surface area contributed by atoms with Gasteiger partial charge in [-0.1, -0.05) is 0 Å². The summed E-state index contributed by atoms with van der Waals surface area (Å²) in [5, 5.41) is 9.97. The molecule has 0 spiro atoms. The van der Waals surface area contributed by atoms with Gasteiger partial charge in [0.05, 0.1) is 16.7 Å². The summed E-state index contributed by atoms with van der Waals surface area (Å²) in [6, 6.07) is 9.67. The summed E-state index contributed by atoms with van der Waals surface area (Å²) in [6.07, 6.45) is -0.797. The Morgan fingerprint density at radius 1 is 1.29 bits per heavy atom. The van der Waals surface area contributed by atoms with Gasteiger partial charge in [-0.2, -0.15) is 0 Å². The van der Waals surface area contributed by atoms with Crippen LogP contribution in [0.3, 0.4) is 0 Å². The second kappa shape index (κ2) is 5.13. The summed E-state index contributed by atoms with van der Waals surface area (Å²) < 4.78 is 16.0. The minimum atomic E-state index is -0.797. The molecule has 0 bridgehead atoms. The minimum absolute atomic E-state index is 0.359. The van der Waals surface area contributed by atoms with Gasteiger partial charge < -0.3 is 10.8 Å². The van der Waals surface area contributed by atoms with Crippen LogP contribution in [0.5, 0.6) is 0 Å². The second-order valence-electron chi connectivity index (χ2n) is 4.83. The van der Waals surface area contributed by atoms with Crippen molar-refractivity contribution in [3.05, 3.63) is 52.5 Å². The number of aliphatic hydroxyl groups excluding tert-OH is 1. The molecule has 6 heteroatoms. The Kier molecular flexibility index (Phi) is 3.43. The van der Waals surface area contributed by atoms with E-state index in [1.165, 1.54) is 12.1 Å². The molecule has 0 amide bonds. The van der Waals surface area contributed by atoms with Gasteiger partial charge in [-0.25, -0.2) is 9.37 Å². The fourth-order valence-electron chi connectivity index (χ4n) is 2.31. The second-order valence-corrected chi connectivity index (χ2v) is 5.68. The van der Waals surface area contributed by atoms with Crippen LogP contribution in [0, 0.1) is 5.82 Å². The van der Waals surface area contributed by atoms with Gasteiger partial charge in [-0.3, -0.25) is 4.57 Å². The van der Waals surface area contributed by atoms with Crippen molar-refractivity contribution in [1.82, 2.24) is 9.55 Å². The molecule has 0 aliphatic carbocycles. The molecule has 108 valence electrons. The summed E-state index contributed by atoms with van der Waals surface area (Å²) in [6.45, 7) is 1.62. The average Bonchev–Trinajstić information content (AvgIpc) is 2.80. The lowest BCUT2D eigenvalue weighted by molar-refractivity contribution is 0.187. The van der Waals surface area contributed by atoms with Crippen LogP contribution in [0.15, 0.2) is 40.9 Å². The van der Waals surface area contributed by atoms with Crippen LogP contribution >= 0.6 is 15.9 Å².